The van der Waals surface area contributed by atoms with E-state index in [1.165, 1.54) is 6.33 Å². The maximum atomic E-state index is 10.4. The fourth-order valence-electron chi connectivity index (χ4n) is 2.27. The van der Waals surface area contributed by atoms with Gasteiger partial charge in [-0.15, -0.1) is 0 Å². The van der Waals surface area contributed by atoms with Crippen LogP contribution in [-0.2, 0) is 0 Å². The molecular formula is C15H20ClN3O. The number of nitrogens with zero attached hydrogens (tertiary/aromatic N) is 3. The topological polar surface area (TPSA) is 50.9 Å². The zero-order chi connectivity index (χ0) is 14.8. The van der Waals surface area contributed by atoms with Gasteiger partial charge in [0, 0.05) is 11.4 Å². The monoisotopic (exact) mass is 293 g/mol. The molecule has 5 heteroatoms. The Morgan fingerprint density at radius 1 is 1.25 bits per heavy atom. The third kappa shape index (κ3) is 3.58. The van der Waals surface area contributed by atoms with E-state index in [-0.39, 0.29) is 11.5 Å². The summed E-state index contributed by atoms with van der Waals surface area (Å²) >= 11 is 5.87. The molecule has 0 aliphatic rings. The summed E-state index contributed by atoms with van der Waals surface area (Å²) in [6.45, 7) is 6.40. The third-order valence-electron chi connectivity index (χ3n) is 3.46. The van der Waals surface area contributed by atoms with Crippen LogP contribution in [0.1, 0.15) is 44.9 Å². The molecule has 1 N–H and O–H groups in total. The molecule has 4 nitrogen and oxygen atoms in total. The van der Waals surface area contributed by atoms with Gasteiger partial charge in [-0.1, -0.05) is 44.5 Å². The van der Waals surface area contributed by atoms with E-state index in [0.717, 1.165) is 5.56 Å². The van der Waals surface area contributed by atoms with Crippen molar-refractivity contribution in [2.75, 3.05) is 0 Å². The van der Waals surface area contributed by atoms with Crippen molar-refractivity contribution in [2.24, 2.45) is 5.41 Å². The molecule has 0 amide bonds. The number of aliphatic hydroxyl groups excluding tert-OH is 1. The van der Waals surface area contributed by atoms with Gasteiger partial charge in [0.1, 0.15) is 12.7 Å². The van der Waals surface area contributed by atoms with Gasteiger partial charge in [-0.2, -0.15) is 5.10 Å². The Bertz CT molecular complexity index is 531. The number of hydrogen-bond donors (Lipinski definition) is 1. The third-order valence-corrected chi connectivity index (χ3v) is 3.71. The summed E-state index contributed by atoms with van der Waals surface area (Å²) in [7, 11) is 0. The molecule has 0 bridgehead atoms. The molecular weight excluding hydrogens is 274 g/mol. The SMILES string of the molecule is CC(C)(C)C(CC(O)c1ccc(Cl)cc1)n1cncn1. The van der Waals surface area contributed by atoms with E-state index < -0.39 is 6.10 Å². The number of halogens is 1. The van der Waals surface area contributed by atoms with Crippen LogP contribution in [0.5, 0.6) is 0 Å². The maximum Gasteiger partial charge on any atom is 0.137 e. The molecule has 0 spiro atoms. The second kappa shape index (κ2) is 5.94. The Morgan fingerprint density at radius 3 is 2.40 bits per heavy atom. The van der Waals surface area contributed by atoms with Crippen molar-refractivity contribution in [3.63, 3.8) is 0 Å². The number of aliphatic hydroxyl groups is 1. The zero-order valence-electron chi connectivity index (χ0n) is 12.0. The van der Waals surface area contributed by atoms with Gasteiger partial charge < -0.3 is 5.11 Å². The Labute approximate surface area is 124 Å². The van der Waals surface area contributed by atoms with Crippen molar-refractivity contribution in [3.8, 4) is 0 Å². The molecule has 0 aliphatic heterocycles. The Hall–Kier alpha value is -1.39. The summed E-state index contributed by atoms with van der Waals surface area (Å²) in [5, 5.41) is 15.3. The lowest BCUT2D eigenvalue weighted by atomic mass is 9.82. The van der Waals surface area contributed by atoms with Crippen LogP contribution in [0.4, 0.5) is 0 Å². The fraction of sp³-hybridized carbons (Fsp3) is 0.467. The molecule has 2 unspecified atom stereocenters. The first-order valence-corrected chi connectivity index (χ1v) is 7.03. The summed E-state index contributed by atoms with van der Waals surface area (Å²) in [6, 6.07) is 7.36. The molecule has 1 aromatic heterocycles. The maximum absolute atomic E-state index is 10.4. The molecule has 2 rings (SSSR count). The second-order valence-electron chi connectivity index (χ2n) is 6.06. The second-order valence-corrected chi connectivity index (χ2v) is 6.50. The molecule has 0 saturated carbocycles. The molecule has 0 fully saturated rings. The first-order valence-electron chi connectivity index (χ1n) is 6.65. The predicted molar refractivity (Wildman–Crippen MR) is 79.5 cm³/mol. The molecule has 20 heavy (non-hydrogen) atoms. The zero-order valence-corrected chi connectivity index (χ0v) is 12.7. The van der Waals surface area contributed by atoms with Crippen molar-refractivity contribution in [1.29, 1.82) is 0 Å². The predicted octanol–water partition coefficient (Wildman–Crippen LogP) is 3.64. The van der Waals surface area contributed by atoms with Crippen LogP contribution in [0, 0.1) is 5.41 Å². The highest BCUT2D eigenvalue weighted by Gasteiger charge is 2.29. The van der Waals surface area contributed by atoms with E-state index >= 15 is 0 Å². The van der Waals surface area contributed by atoms with Crippen LogP contribution in [0.15, 0.2) is 36.9 Å². The number of aromatic nitrogens is 3. The average molecular weight is 294 g/mol. The van der Waals surface area contributed by atoms with Crippen LogP contribution in [0.25, 0.3) is 0 Å². The van der Waals surface area contributed by atoms with Gasteiger partial charge in [0.15, 0.2) is 0 Å². The average Bonchev–Trinajstić information content (AvgIpc) is 2.88. The summed E-state index contributed by atoms with van der Waals surface area (Å²) in [4.78, 5) is 4.00. The van der Waals surface area contributed by atoms with E-state index in [4.69, 9.17) is 11.6 Å². The van der Waals surface area contributed by atoms with Crippen molar-refractivity contribution >= 4 is 11.6 Å². The van der Waals surface area contributed by atoms with Gasteiger partial charge >= 0.3 is 0 Å². The van der Waals surface area contributed by atoms with Crippen molar-refractivity contribution in [2.45, 2.75) is 39.3 Å². The molecule has 2 atom stereocenters. The van der Waals surface area contributed by atoms with E-state index in [2.05, 4.69) is 30.9 Å². The van der Waals surface area contributed by atoms with Crippen molar-refractivity contribution < 1.29 is 5.11 Å². The lowest BCUT2D eigenvalue weighted by molar-refractivity contribution is 0.100. The van der Waals surface area contributed by atoms with Crippen LogP contribution in [-0.4, -0.2) is 19.9 Å². The minimum absolute atomic E-state index is 0.0267. The smallest absolute Gasteiger partial charge is 0.137 e. The van der Waals surface area contributed by atoms with Gasteiger partial charge in [-0.25, -0.2) is 9.67 Å². The lowest BCUT2D eigenvalue weighted by Gasteiger charge is -2.32. The molecule has 2 aromatic rings. The quantitative estimate of drug-likeness (QED) is 0.936. The summed E-state index contributed by atoms with van der Waals surface area (Å²) in [5.74, 6) is 0. The van der Waals surface area contributed by atoms with Crippen LogP contribution in [0.2, 0.25) is 5.02 Å². The Balaban J connectivity index is 2.18. The van der Waals surface area contributed by atoms with Crippen molar-refractivity contribution in [1.82, 2.24) is 14.8 Å². The molecule has 1 heterocycles. The fourth-order valence-corrected chi connectivity index (χ4v) is 2.40. The van der Waals surface area contributed by atoms with E-state index in [0.29, 0.717) is 11.4 Å². The molecule has 108 valence electrons. The largest absolute Gasteiger partial charge is 0.388 e. The first-order chi connectivity index (χ1) is 9.38. The summed E-state index contributed by atoms with van der Waals surface area (Å²) < 4.78 is 1.82. The highest BCUT2D eigenvalue weighted by molar-refractivity contribution is 6.30. The van der Waals surface area contributed by atoms with E-state index in [1.807, 2.05) is 16.8 Å². The summed E-state index contributed by atoms with van der Waals surface area (Å²) in [5.41, 5.74) is 0.838. The van der Waals surface area contributed by atoms with E-state index in [1.54, 1.807) is 18.5 Å². The molecule has 0 radical (unpaired) electrons. The normalized spacial score (nSPS) is 15.1. The Kier molecular flexibility index (Phi) is 4.45. The lowest BCUT2D eigenvalue weighted by Crippen LogP contribution is -2.26. The van der Waals surface area contributed by atoms with Gasteiger partial charge in [0.05, 0.1) is 12.1 Å². The van der Waals surface area contributed by atoms with Gasteiger partial charge in [-0.05, 0) is 23.1 Å². The number of hydrogen-bond acceptors (Lipinski definition) is 3. The van der Waals surface area contributed by atoms with Gasteiger partial charge in [-0.3, -0.25) is 0 Å². The minimum atomic E-state index is -0.555. The highest BCUT2D eigenvalue weighted by Crippen LogP contribution is 2.37. The molecule has 0 aliphatic carbocycles. The Morgan fingerprint density at radius 2 is 1.90 bits per heavy atom. The van der Waals surface area contributed by atoms with Crippen LogP contribution in [0.3, 0.4) is 0 Å². The standard InChI is InChI=1S/C15H20ClN3O/c1-15(2,3)14(19-10-17-9-18-19)8-13(20)11-4-6-12(16)7-5-11/h4-7,9-10,13-14,20H,8H2,1-3H3. The highest BCUT2D eigenvalue weighted by atomic mass is 35.5. The van der Waals surface area contributed by atoms with Crippen LogP contribution >= 0.6 is 11.6 Å². The first kappa shape index (κ1) is 15.0. The summed E-state index contributed by atoms with van der Waals surface area (Å²) in [6.07, 6.45) is 3.24. The number of benzene rings is 1. The van der Waals surface area contributed by atoms with Gasteiger partial charge in [0.2, 0.25) is 0 Å². The van der Waals surface area contributed by atoms with Crippen LogP contribution < -0.4 is 0 Å². The van der Waals surface area contributed by atoms with Crippen molar-refractivity contribution in [3.05, 3.63) is 47.5 Å². The molecule has 0 saturated heterocycles. The molecule has 1 aromatic carbocycles. The van der Waals surface area contributed by atoms with Gasteiger partial charge in [0.25, 0.3) is 0 Å². The number of rotatable bonds is 4. The minimum Gasteiger partial charge on any atom is -0.388 e. The van der Waals surface area contributed by atoms with E-state index in [9.17, 15) is 5.11 Å².